The summed E-state index contributed by atoms with van der Waals surface area (Å²) in [7, 11) is 1.25. The molecule has 0 aliphatic rings. The Labute approximate surface area is 159 Å². The van der Waals surface area contributed by atoms with E-state index in [4.69, 9.17) is 19.7 Å². The van der Waals surface area contributed by atoms with Crippen molar-refractivity contribution >= 4 is 23.8 Å². The predicted molar refractivity (Wildman–Crippen MR) is 96.2 cm³/mol. The summed E-state index contributed by atoms with van der Waals surface area (Å²) >= 11 is 0. The van der Waals surface area contributed by atoms with Crippen molar-refractivity contribution in [2.45, 2.75) is 70.3 Å². The first-order chi connectivity index (χ1) is 12.9. The quantitative estimate of drug-likeness (QED) is 0.252. The number of esters is 1. The zero-order valence-electron chi connectivity index (χ0n) is 15.9. The number of carbonyl (C=O) groups excluding carboxylic acids is 2. The Morgan fingerprint density at radius 3 is 1.96 bits per heavy atom. The molecule has 1 atom stereocenters. The SMILES string of the molecule is COC(=O)[C@H](CCCCCCCCCC(=O)O)NC(=O)COCCC(=O)O. The number of carboxylic acid groups (broad SMARTS) is 2. The first-order valence-electron chi connectivity index (χ1n) is 9.25. The molecule has 0 saturated heterocycles. The van der Waals surface area contributed by atoms with E-state index in [2.05, 4.69) is 5.32 Å². The van der Waals surface area contributed by atoms with Gasteiger partial charge >= 0.3 is 17.9 Å². The molecule has 27 heavy (non-hydrogen) atoms. The molecule has 0 aromatic carbocycles. The molecule has 0 bridgehead atoms. The third-order valence-electron chi connectivity index (χ3n) is 3.90. The second-order valence-corrected chi connectivity index (χ2v) is 6.25. The van der Waals surface area contributed by atoms with Crippen molar-refractivity contribution in [2.75, 3.05) is 20.3 Å². The molecular formula is C18H31NO8. The zero-order valence-corrected chi connectivity index (χ0v) is 15.9. The topological polar surface area (TPSA) is 139 Å². The van der Waals surface area contributed by atoms with Crippen LogP contribution in [0.15, 0.2) is 0 Å². The van der Waals surface area contributed by atoms with E-state index >= 15 is 0 Å². The highest BCUT2D eigenvalue weighted by molar-refractivity contribution is 5.85. The number of hydrogen-bond acceptors (Lipinski definition) is 6. The van der Waals surface area contributed by atoms with Crippen molar-refractivity contribution in [2.24, 2.45) is 0 Å². The first kappa shape index (κ1) is 24.8. The summed E-state index contributed by atoms with van der Waals surface area (Å²) in [4.78, 5) is 44.3. The molecule has 0 aliphatic carbocycles. The summed E-state index contributed by atoms with van der Waals surface area (Å²) in [5, 5.41) is 19.6. The Hall–Kier alpha value is -2.16. The Balaban J connectivity index is 3.90. The van der Waals surface area contributed by atoms with E-state index in [1.807, 2.05) is 0 Å². The average Bonchev–Trinajstić information content (AvgIpc) is 2.61. The van der Waals surface area contributed by atoms with Crippen LogP contribution in [0.4, 0.5) is 0 Å². The lowest BCUT2D eigenvalue weighted by molar-refractivity contribution is -0.146. The van der Waals surface area contributed by atoms with Crippen LogP contribution in [0, 0.1) is 0 Å². The van der Waals surface area contributed by atoms with Crippen LogP contribution in [0.1, 0.15) is 64.2 Å². The van der Waals surface area contributed by atoms with Crippen LogP contribution in [0.25, 0.3) is 0 Å². The third-order valence-corrected chi connectivity index (χ3v) is 3.90. The number of nitrogens with one attached hydrogen (secondary N) is 1. The highest BCUT2D eigenvalue weighted by atomic mass is 16.5. The Morgan fingerprint density at radius 1 is 0.852 bits per heavy atom. The second kappa shape index (κ2) is 16.0. The molecular weight excluding hydrogens is 358 g/mol. The van der Waals surface area contributed by atoms with Crippen LogP contribution >= 0.6 is 0 Å². The van der Waals surface area contributed by atoms with Crippen LogP contribution in [0.2, 0.25) is 0 Å². The lowest BCUT2D eigenvalue weighted by Crippen LogP contribution is -2.43. The van der Waals surface area contributed by atoms with Gasteiger partial charge in [-0.15, -0.1) is 0 Å². The smallest absolute Gasteiger partial charge is 0.328 e. The molecule has 9 nitrogen and oxygen atoms in total. The number of carboxylic acids is 2. The lowest BCUT2D eigenvalue weighted by Gasteiger charge is -2.16. The maximum atomic E-state index is 11.8. The van der Waals surface area contributed by atoms with Crippen molar-refractivity contribution in [1.82, 2.24) is 5.32 Å². The van der Waals surface area contributed by atoms with Crippen LogP contribution < -0.4 is 5.32 Å². The van der Waals surface area contributed by atoms with Crippen molar-refractivity contribution in [1.29, 1.82) is 0 Å². The van der Waals surface area contributed by atoms with Gasteiger partial charge in [0.2, 0.25) is 5.91 Å². The van der Waals surface area contributed by atoms with Crippen LogP contribution in [0.3, 0.4) is 0 Å². The van der Waals surface area contributed by atoms with Gasteiger partial charge < -0.3 is 25.0 Å². The monoisotopic (exact) mass is 389 g/mol. The number of hydrogen-bond donors (Lipinski definition) is 3. The van der Waals surface area contributed by atoms with Gasteiger partial charge in [-0.25, -0.2) is 4.79 Å². The summed E-state index contributed by atoms with van der Waals surface area (Å²) in [5.74, 6) is -2.79. The molecule has 0 spiro atoms. The minimum absolute atomic E-state index is 0.0713. The summed E-state index contributed by atoms with van der Waals surface area (Å²) < 4.78 is 9.64. The van der Waals surface area contributed by atoms with Crippen LogP contribution in [-0.2, 0) is 28.7 Å². The van der Waals surface area contributed by atoms with Gasteiger partial charge in [0.25, 0.3) is 0 Å². The van der Waals surface area contributed by atoms with Gasteiger partial charge in [0.15, 0.2) is 0 Å². The number of aliphatic carboxylic acids is 2. The molecule has 0 saturated carbocycles. The summed E-state index contributed by atoms with van der Waals surface area (Å²) in [6, 6.07) is -0.749. The Morgan fingerprint density at radius 2 is 1.41 bits per heavy atom. The van der Waals surface area contributed by atoms with Gasteiger partial charge in [-0.2, -0.15) is 0 Å². The van der Waals surface area contributed by atoms with E-state index in [1.165, 1.54) is 7.11 Å². The number of amides is 1. The van der Waals surface area contributed by atoms with Gasteiger partial charge in [0.1, 0.15) is 12.6 Å². The number of rotatable bonds is 17. The van der Waals surface area contributed by atoms with Crippen molar-refractivity contribution in [3.05, 3.63) is 0 Å². The molecule has 0 unspecified atom stereocenters. The van der Waals surface area contributed by atoms with E-state index < -0.39 is 29.9 Å². The van der Waals surface area contributed by atoms with E-state index in [1.54, 1.807) is 0 Å². The molecule has 9 heteroatoms. The third kappa shape index (κ3) is 15.8. The zero-order chi connectivity index (χ0) is 20.5. The fourth-order valence-corrected chi connectivity index (χ4v) is 2.46. The van der Waals surface area contributed by atoms with Crippen LogP contribution in [-0.4, -0.2) is 60.4 Å². The molecule has 0 aliphatic heterocycles. The summed E-state index contributed by atoms with van der Waals surface area (Å²) in [6.45, 7) is -0.380. The molecule has 0 aromatic heterocycles. The highest BCUT2D eigenvalue weighted by Gasteiger charge is 2.20. The number of unbranched alkanes of at least 4 members (excludes halogenated alkanes) is 6. The van der Waals surface area contributed by atoms with Gasteiger partial charge in [0.05, 0.1) is 20.1 Å². The first-order valence-corrected chi connectivity index (χ1v) is 9.25. The molecule has 0 rings (SSSR count). The van der Waals surface area contributed by atoms with E-state index in [0.29, 0.717) is 12.8 Å². The molecule has 0 radical (unpaired) electrons. The van der Waals surface area contributed by atoms with Crippen molar-refractivity contribution in [3.63, 3.8) is 0 Å². The fourth-order valence-electron chi connectivity index (χ4n) is 2.46. The predicted octanol–water partition coefficient (Wildman–Crippen LogP) is 1.73. The second-order valence-electron chi connectivity index (χ2n) is 6.25. The number of methoxy groups -OCH3 is 1. The maximum Gasteiger partial charge on any atom is 0.328 e. The summed E-state index contributed by atoms with van der Waals surface area (Å²) in [6.07, 6.45) is 6.68. The molecule has 0 aromatic rings. The van der Waals surface area contributed by atoms with Gasteiger partial charge in [-0.3, -0.25) is 14.4 Å². The maximum absolute atomic E-state index is 11.8. The minimum atomic E-state index is -1.01. The lowest BCUT2D eigenvalue weighted by atomic mass is 10.0. The summed E-state index contributed by atoms with van der Waals surface area (Å²) in [5.41, 5.74) is 0. The highest BCUT2D eigenvalue weighted by Crippen LogP contribution is 2.11. The van der Waals surface area contributed by atoms with E-state index in [0.717, 1.165) is 38.5 Å². The van der Waals surface area contributed by atoms with Gasteiger partial charge in [-0.1, -0.05) is 38.5 Å². The molecule has 0 fully saturated rings. The van der Waals surface area contributed by atoms with Crippen molar-refractivity contribution < 1.29 is 38.9 Å². The average molecular weight is 389 g/mol. The minimum Gasteiger partial charge on any atom is -0.481 e. The van der Waals surface area contributed by atoms with Gasteiger partial charge in [0, 0.05) is 6.42 Å². The fraction of sp³-hybridized carbons (Fsp3) is 0.778. The van der Waals surface area contributed by atoms with E-state index in [-0.39, 0.29) is 26.1 Å². The molecule has 156 valence electrons. The molecule has 1 amide bonds. The molecule has 3 N–H and O–H groups in total. The standard InChI is InChI=1S/C18H31NO8/c1-26-18(25)14(19-15(20)13-27-12-11-17(23)24)9-7-5-3-2-4-6-8-10-16(21)22/h14H,2-13H2,1H3,(H,19,20)(H,21,22)(H,23,24)/t14-/m0/s1. The van der Waals surface area contributed by atoms with Gasteiger partial charge in [-0.05, 0) is 12.8 Å². The number of ether oxygens (including phenoxy) is 2. The number of carbonyl (C=O) groups is 4. The molecule has 0 heterocycles. The normalized spacial score (nSPS) is 11.6. The largest absolute Gasteiger partial charge is 0.481 e. The Bertz CT molecular complexity index is 466. The van der Waals surface area contributed by atoms with Crippen LogP contribution in [0.5, 0.6) is 0 Å². The Kier molecular flexibility index (Phi) is 14.8. The van der Waals surface area contributed by atoms with Crippen molar-refractivity contribution in [3.8, 4) is 0 Å². The van der Waals surface area contributed by atoms with E-state index in [9.17, 15) is 19.2 Å².